The standard InChI is InChI=1S/C25H27AsN2O3/c29-25(22-15-16-27(19-22)17-20-7-3-1-4-8-20)28(18-21-9-5-2-6-10-21)24-13-11-23(12-14-24)26(30)31/h1-14,22,30-31H,15-19H2. The van der Waals surface area contributed by atoms with Gasteiger partial charge < -0.3 is 0 Å². The van der Waals surface area contributed by atoms with Gasteiger partial charge in [-0.2, -0.15) is 0 Å². The van der Waals surface area contributed by atoms with Gasteiger partial charge in [0.1, 0.15) is 0 Å². The minimum absolute atomic E-state index is 0.0506. The van der Waals surface area contributed by atoms with Crippen molar-refractivity contribution in [2.75, 3.05) is 18.0 Å². The number of nitrogens with zero attached hydrogens (tertiary/aromatic N) is 2. The summed E-state index contributed by atoms with van der Waals surface area (Å²) in [7, 11) is 0. The summed E-state index contributed by atoms with van der Waals surface area (Å²) in [5, 5.41) is 0. The number of rotatable bonds is 7. The van der Waals surface area contributed by atoms with Gasteiger partial charge in [-0.25, -0.2) is 0 Å². The molecule has 4 rings (SSSR count). The van der Waals surface area contributed by atoms with Crippen LogP contribution in [0.4, 0.5) is 5.69 Å². The molecule has 1 fully saturated rings. The van der Waals surface area contributed by atoms with Crippen molar-refractivity contribution in [2.45, 2.75) is 19.5 Å². The molecule has 6 heteroatoms. The molecule has 0 aromatic heterocycles. The van der Waals surface area contributed by atoms with Gasteiger partial charge >= 0.3 is 170 Å². The summed E-state index contributed by atoms with van der Waals surface area (Å²) >= 11 is -2.92. The van der Waals surface area contributed by atoms with E-state index < -0.39 is 15.3 Å². The molecule has 1 aliphatic heterocycles. The molecule has 3 aromatic carbocycles. The van der Waals surface area contributed by atoms with Crippen LogP contribution in [0.2, 0.25) is 0 Å². The second kappa shape index (κ2) is 10.3. The molecule has 1 saturated heterocycles. The average Bonchev–Trinajstić information content (AvgIpc) is 3.27. The van der Waals surface area contributed by atoms with E-state index in [4.69, 9.17) is 0 Å². The van der Waals surface area contributed by atoms with Gasteiger partial charge in [-0.15, -0.1) is 0 Å². The van der Waals surface area contributed by atoms with Crippen LogP contribution in [0, 0.1) is 5.92 Å². The van der Waals surface area contributed by atoms with Gasteiger partial charge in [-0.3, -0.25) is 0 Å². The quantitative estimate of drug-likeness (QED) is 0.513. The van der Waals surface area contributed by atoms with Crippen LogP contribution in [0.5, 0.6) is 0 Å². The monoisotopic (exact) mass is 478 g/mol. The van der Waals surface area contributed by atoms with Crippen LogP contribution in [0.1, 0.15) is 17.5 Å². The van der Waals surface area contributed by atoms with Gasteiger partial charge in [0.2, 0.25) is 0 Å². The number of carbonyl (C=O) groups is 1. The number of carbonyl (C=O) groups excluding carboxylic acids is 1. The number of benzene rings is 3. The molecule has 1 aliphatic rings. The van der Waals surface area contributed by atoms with Crippen molar-refractivity contribution in [3.63, 3.8) is 0 Å². The van der Waals surface area contributed by atoms with Gasteiger partial charge in [0.15, 0.2) is 0 Å². The summed E-state index contributed by atoms with van der Waals surface area (Å²) in [5.41, 5.74) is 3.12. The Morgan fingerprint density at radius 3 is 2.13 bits per heavy atom. The Morgan fingerprint density at radius 2 is 1.52 bits per heavy atom. The molecule has 0 aliphatic carbocycles. The fourth-order valence-electron chi connectivity index (χ4n) is 4.07. The second-order valence-electron chi connectivity index (χ2n) is 7.92. The maximum absolute atomic E-state index is 13.6. The molecule has 1 unspecified atom stereocenters. The predicted molar refractivity (Wildman–Crippen MR) is 124 cm³/mol. The molecule has 1 atom stereocenters. The number of hydrogen-bond acceptors (Lipinski definition) is 4. The Bertz CT molecular complexity index is 981. The van der Waals surface area contributed by atoms with Gasteiger partial charge in [0.25, 0.3) is 0 Å². The topological polar surface area (TPSA) is 64.0 Å². The van der Waals surface area contributed by atoms with Crippen molar-refractivity contribution in [1.29, 1.82) is 0 Å². The van der Waals surface area contributed by atoms with Gasteiger partial charge in [0, 0.05) is 0 Å². The molecule has 160 valence electrons. The summed E-state index contributed by atoms with van der Waals surface area (Å²) in [4.78, 5) is 17.8. The van der Waals surface area contributed by atoms with E-state index in [0.717, 1.165) is 37.3 Å². The average molecular weight is 478 g/mol. The maximum atomic E-state index is 13.6. The molecule has 2 N–H and O–H groups in total. The summed E-state index contributed by atoms with van der Waals surface area (Å²) < 4.78 is 19.6. The van der Waals surface area contributed by atoms with Crippen LogP contribution in [0.25, 0.3) is 0 Å². The number of likely N-dealkylation sites (tertiary alicyclic amines) is 1. The fraction of sp³-hybridized carbons (Fsp3) is 0.240. The van der Waals surface area contributed by atoms with E-state index in [2.05, 4.69) is 17.0 Å². The third-order valence-electron chi connectivity index (χ3n) is 5.71. The normalized spacial score (nSPS) is 16.5. The zero-order chi connectivity index (χ0) is 21.6. The summed E-state index contributed by atoms with van der Waals surface area (Å²) in [5.74, 6) is 0.0694. The first-order chi connectivity index (χ1) is 15.1. The van der Waals surface area contributed by atoms with E-state index in [9.17, 15) is 13.0 Å². The first kappa shape index (κ1) is 21.8. The molecule has 0 spiro atoms. The van der Waals surface area contributed by atoms with Crippen LogP contribution < -0.4 is 9.25 Å². The molecule has 31 heavy (non-hydrogen) atoms. The van der Waals surface area contributed by atoms with Crippen molar-refractivity contribution in [1.82, 2.24) is 4.90 Å². The van der Waals surface area contributed by atoms with Crippen molar-refractivity contribution in [3.8, 4) is 0 Å². The number of hydrogen-bond donors (Lipinski definition) is 2. The Labute approximate surface area is 188 Å². The van der Waals surface area contributed by atoms with Crippen LogP contribution in [-0.2, 0) is 17.9 Å². The van der Waals surface area contributed by atoms with Gasteiger partial charge in [0.05, 0.1) is 0 Å². The third kappa shape index (κ3) is 5.63. The zero-order valence-electron chi connectivity index (χ0n) is 17.3. The zero-order valence-corrected chi connectivity index (χ0v) is 19.2. The molecule has 0 saturated carbocycles. The Balaban J connectivity index is 1.51. The van der Waals surface area contributed by atoms with Crippen LogP contribution in [-0.4, -0.2) is 47.4 Å². The summed E-state index contributed by atoms with van der Waals surface area (Å²) in [6, 6.07) is 27.4. The third-order valence-corrected chi connectivity index (χ3v) is 7.31. The number of amides is 1. The van der Waals surface area contributed by atoms with E-state index in [-0.39, 0.29) is 11.8 Å². The van der Waals surface area contributed by atoms with E-state index in [1.807, 2.05) is 65.6 Å². The molecular weight excluding hydrogens is 451 g/mol. The first-order valence-electron chi connectivity index (χ1n) is 10.5. The molecule has 3 aromatic rings. The van der Waals surface area contributed by atoms with Crippen LogP contribution in [0.3, 0.4) is 0 Å². The molecule has 5 nitrogen and oxygen atoms in total. The Hall–Kier alpha value is -2.43. The fourth-order valence-corrected chi connectivity index (χ4v) is 4.94. The van der Waals surface area contributed by atoms with E-state index in [1.165, 1.54) is 5.56 Å². The van der Waals surface area contributed by atoms with Crippen LogP contribution >= 0.6 is 0 Å². The Kier molecular flexibility index (Phi) is 7.21. The van der Waals surface area contributed by atoms with Crippen molar-refractivity contribution in [2.24, 2.45) is 5.92 Å². The predicted octanol–water partition coefficient (Wildman–Crippen LogP) is 2.42. The minimum atomic E-state index is -2.92. The van der Waals surface area contributed by atoms with E-state index in [1.54, 1.807) is 12.1 Å². The first-order valence-corrected chi connectivity index (χ1v) is 13.1. The summed E-state index contributed by atoms with van der Waals surface area (Å²) in [6.45, 7) is 3.01. The van der Waals surface area contributed by atoms with Gasteiger partial charge in [-0.05, 0) is 0 Å². The second-order valence-corrected chi connectivity index (χ2v) is 10.2. The van der Waals surface area contributed by atoms with Gasteiger partial charge in [-0.1, -0.05) is 18.2 Å². The van der Waals surface area contributed by atoms with E-state index in [0.29, 0.717) is 10.9 Å². The van der Waals surface area contributed by atoms with Crippen LogP contribution in [0.15, 0.2) is 84.9 Å². The SMILES string of the molecule is O=C(C1CCN(Cc2ccccc2)C1)N(Cc1ccccc1)c1ccc([As](O)O)cc1. The molecule has 1 amide bonds. The van der Waals surface area contributed by atoms with Crippen molar-refractivity contribution in [3.05, 3.63) is 96.1 Å². The number of anilines is 1. The molecule has 0 bridgehead atoms. The molecule has 1 heterocycles. The van der Waals surface area contributed by atoms with E-state index >= 15 is 0 Å². The summed E-state index contributed by atoms with van der Waals surface area (Å²) in [6.07, 6.45) is 0.845. The Morgan fingerprint density at radius 1 is 0.903 bits per heavy atom. The van der Waals surface area contributed by atoms with Crippen molar-refractivity contribution >= 4 is 31.3 Å². The molecule has 0 radical (unpaired) electrons. The van der Waals surface area contributed by atoms with Crippen molar-refractivity contribution < 1.29 is 13.0 Å². The molecular formula is C25H27AsN2O3.